The average Bonchev–Trinajstić information content (AvgIpc) is 1.65. The van der Waals surface area contributed by atoms with Gasteiger partial charge in [0.2, 0.25) is 0 Å². The van der Waals surface area contributed by atoms with Gasteiger partial charge in [-0.15, -0.1) is 0 Å². The van der Waals surface area contributed by atoms with E-state index in [1.54, 1.807) is 20.8 Å². The monoisotopic (exact) mass is 1790 g/mol. The van der Waals surface area contributed by atoms with Crippen LogP contribution in [-0.2, 0) is 54.3 Å². The van der Waals surface area contributed by atoms with Crippen LogP contribution in [0.25, 0.3) is 0 Å². The van der Waals surface area contributed by atoms with Crippen LogP contribution in [0.5, 0.6) is 0 Å². The highest BCUT2D eigenvalue weighted by molar-refractivity contribution is 5.89. The van der Waals surface area contributed by atoms with Gasteiger partial charge in [0.1, 0.15) is 34.5 Å². The second-order valence-electron chi connectivity index (χ2n) is 43.1. The van der Waals surface area contributed by atoms with Crippen molar-refractivity contribution in [2.24, 2.45) is 82.3 Å². The largest absolute Gasteiger partial charge is 0.444 e. The van der Waals surface area contributed by atoms with Crippen LogP contribution in [0.15, 0.2) is 30.3 Å². The number of hydrogen-bond acceptors (Lipinski definition) is 11. The number of carbonyl (C=O) groups excluding carboxylic acids is 7. The smallest absolute Gasteiger partial charge is 0.408 e. The first-order valence-electron chi connectivity index (χ1n) is 54.0. The highest BCUT2D eigenvalue weighted by atomic mass is 16.6. The maximum absolute atomic E-state index is 11.9. The molecule has 2 saturated carbocycles. The van der Waals surface area contributed by atoms with Gasteiger partial charge in [0.05, 0.1) is 25.4 Å². The van der Waals surface area contributed by atoms with E-state index in [4.69, 9.17) is 18.9 Å². The van der Waals surface area contributed by atoms with Crippen LogP contribution in [0.2, 0.25) is 0 Å². The van der Waals surface area contributed by atoms with E-state index in [2.05, 4.69) is 105 Å². The summed E-state index contributed by atoms with van der Waals surface area (Å²) >= 11 is 0. The highest BCUT2D eigenvalue weighted by Crippen LogP contribution is 2.47. The van der Waals surface area contributed by atoms with Crippen LogP contribution in [0.4, 0.5) is 4.79 Å². The van der Waals surface area contributed by atoms with Gasteiger partial charge in [0.15, 0.2) is 5.78 Å². The third kappa shape index (κ3) is 90.0. The fraction of sp³-hybridized carbons (Fsp3) is 0.887. The molecule has 3 atom stereocenters. The maximum atomic E-state index is 11.9. The predicted octanol–water partition coefficient (Wildman–Crippen LogP) is 34.9. The van der Waals surface area contributed by atoms with Crippen LogP contribution in [0.1, 0.15) is 534 Å². The van der Waals surface area contributed by atoms with E-state index in [0.29, 0.717) is 53.3 Å². The van der Waals surface area contributed by atoms with E-state index in [1.807, 2.05) is 118 Å². The molecule has 1 aromatic rings. The third-order valence-corrected chi connectivity index (χ3v) is 24.5. The normalized spacial score (nSPS) is 13.7. The minimum Gasteiger partial charge on any atom is -0.444 e. The molecule has 0 radical (unpaired) electrons. The highest BCUT2D eigenvalue weighted by Gasteiger charge is 2.45. The summed E-state index contributed by atoms with van der Waals surface area (Å²) in [5, 5.41) is 2.64. The fourth-order valence-electron chi connectivity index (χ4n) is 15.3. The molecule has 1 N–H and O–H groups in total. The van der Waals surface area contributed by atoms with E-state index >= 15 is 0 Å². The summed E-state index contributed by atoms with van der Waals surface area (Å²) in [6.45, 7) is 64.9. The van der Waals surface area contributed by atoms with Crippen molar-refractivity contribution in [3.8, 4) is 0 Å². The van der Waals surface area contributed by atoms with Gasteiger partial charge < -0.3 is 24.3 Å². The van der Waals surface area contributed by atoms with Crippen molar-refractivity contribution >= 4 is 40.8 Å². The summed E-state index contributed by atoms with van der Waals surface area (Å²) in [4.78, 5) is 79.7. The Morgan fingerprint density at radius 2 is 0.756 bits per heavy atom. The average molecular weight is 1790 g/mol. The molecule has 127 heavy (non-hydrogen) atoms. The number of alkyl carbamates (subject to hydrolysis) is 1. The van der Waals surface area contributed by atoms with Gasteiger partial charge >= 0.3 is 6.09 Å². The third-order valence-electron chi connectivity index (χ3n) is 24.5. The first-order valence-corrected chi connectivity index (χ1v) is 54.0. The van der Waals surface area contributed by atoms with E-state index in [1.165, 1.54) is 282 Å². The van der Waals surface area contributed by atoms with Crippen molar-refractivity contribution in [3.63, 3.8) is 0 Å². The van der Waals surface area contributed by atoms with E-state index in [0.717, 1.165) is 77.3 Å². The molecule has 0 aliphatic heterocycles. The predicted molar refractivity (Wildman–Crippen MR) is 552 cm³/mol. The second kappa shape index (κ2) is 89.0. The molecule has 2 fully saturated rings. The van der Waals surface area contributed by atoms with Crippen molar-refractivity contribution < 1.29 is 52.5 Å². The van der Waals surface area contributed by atoms with Crippen LogP contribution in [-0.4, -0.2) is 85.0 Å². The SMILES string of the molecule is CC(C)C(=O)C(C)C.CC(C)C(=O)C1(C)CC1.CC(C)C(=O)C1CCCCC1.CC(C)C(=O)[C@@H](C)C(C)C.CC(C)C(=O)[C@@H](NC(=O)OC(C)(C)C)C(C)C.CCCCCCCCCCCC(=O)C(C)C.CCCCCCCCCCCCCCCCCCOC[C@H](CC(C)C)OCc1ccccc1.CCCCCCCCCCCCCCCCOCCCC(C)C. The summed E-state index contributed by atoms with van der Waals surface area (Å²) in [6, 6.07) is 9.97. The lowest BCUT2D eigenvalue weighted by Gasteiger charge is -2.25. The molecule has 0 heterocycles. The molecule has 0 aromatic heterocycles. The lowest BCUT2D eigenvalue weighted by Crippen LogP contribution is -2.47. The van der Waals surface area contributed by atoms with E-state index in [-0.39, 0.29) is 70.6 Å². The lowest BCUT2D eigenvalue weighted by molar-refractivity contribution is -0.127. The molecule has 1 amide bonds. The quantitative estimate of drug-likeness (QED) is 0.0616. The molecule has 752 valence electrons. The van der Waals surface area contributed by atoms with Crippen molar-refractivity contribution in [2.45, 2.75) is 553 Å². The van der Waals surface area contributed by atoms with Crippen molar-refractivity contribution in [1.82, 2.24) is 5.32 Å². The molecule has 0 spiro atoms. The number of ketones is 6. The van der Waals surface area contributed by atoms with Crippen LogP contribution in [0, 0.1) is 82.3 Å². The molecule has 2 aliphatic rings. The molecule has 12 heteroatoms. The molecule has 0 bridgehead atoms. The van der Waals surface area contributed by atoms with Crippen LogP contribution >= 0.6 is 0 Å². The van der Waals surface area contributed by atoms with Crippen molar-refractivity contribution in [1.29, 1.82) is 0 Å². The number of unbranched alkanes of at least 4 members (excludes halogenated alkanes) is 36. The first-order chi connectivity index (χ1) is 60.0. The van der Waals surface area contributed by atoms with Gasteiger partial charge in [0, 0.05) is 84.9 Å². The Labute approximate surface area is 791 Å². The molecular formula is C115H221NO11. The summed E-state index contributed by atoms with van der Waals surface area (Å²) in [5.74, 6) is 5.96. The number of nitrogens with one attached hydrogen (secondary N) is 1. The van der Waals surface area contributed by atoms with Gasteiger partial charge in [-0.05, 0) is 114 Å². The Balaban J connectivity index is -0.000000468. The molecule has 12 nitrogen and oxygen atoms in total. The Hall–Kier alpha value is -3.61. The number of Topliss-reactive ketones (excluding diaryl/α,β-unsaturated/α-hetero) is 6. The van der Waals surface area contributed by atoms with E-state index in [9.17, 15) is 33.6 Å². The second-order valence-corrected chi connectivity index (χ2v) is 43.1. The zero-order chi connectivity index (χ0) is 97.2. The van der Waals surface area contributed by atoms with Crippen LogP contribution < -0.4 is 5.32 Å². The number of ether oxygens (including phenoxy) is 4. The number of carbonyl (C=O) groups is 7. The van der Waals surface area contributed by atoms with Gasteiger partial charge in [-0.2, -0.15) is 0 Å². The number of amides is 1. The molecule has 2 aliphatic carbocycles. The summed E-state index contributed by atoms with van der Waals surface area (Å²) < 4.78 is 23.0. The minimum atomic E-state index is -0.549. The molecular weight excluding hydrogens is 1570 g/mol. The van der Waals surface area contributed by atoms with Gasteiger partial charge in [0.25, 0.3) is 0 Å². The first kappa shape index (κ1) is 132. The van der Waals surface area contributed by atoms with Crippen molar-refractivity contribution in [3.05, 3.63) is 35.9 Å². The number of hydrogen-bond donors (Lipinski definition) is 1. The standard InChI is InChI=1S/C31H56O2.C22H46O.C15H30O.C13H25NO3.C10H18O.C9H18O.C8H14O.C7H14O/c1-4-5-6-7-8-9-10-11-12-13-14-15-16-17-18-22-25-32-28-31(26-29(2)3)33-27-30-23-20-19-21-24-30;1-4-5-6-7-8-9-10-11-12-13-14-15-16-17-20-23-21-18-19-22(2)3;1-4-5-6-7-8-9-10-11-12-13-15(16)14(2)3;1-8(2)10(11(15)9(3)4)14-12(16)17-13(5,6)7;1-8(2)10(11)9-6-4-3-5-7-9;1-6(2)8(5)9(10)7(3)4;1-6(2)7(9)8(3)4-5-8;1-5(2)7(8)6(3)4/h19-21,23-24,29,31H,4-18,22,25-28H2,1-3H3;22H,4-21H2,1-3H3;14H,4-13H2,1-3H3;8-10H,1-7H3,(H,14,16);8-9H,3-7H2,1-2H3;6-8H,1-5H3;6H,4-5H2,1-3H3;5-6H,1-4H3/t31-;;;10-;;8-;;/m0..0.0../s1. The Morgan fingerprint density at radius 3 is 1.05 bits per heavy atom. The fourth-order valence-corrected chi connectivity index (χ4v) is 15.3. The van der Waals surface area contributed by atoms with Gasteiger partial charge in [-0.3, -0.25) is 28.8 Å². The molecule has 0 saturated heterocycles. The molecule has 1 aromatic carbocycles. The summed E-state index contributed by atoms with van der Waals surface area (Å²) in [7, 11) is 0. The summed E-state index contributed by atoms with van der Waals surface area (Å²) in [5.41, 5.74) is 0.782. The zero-order valence-electron chi connectivity index (χ0n) is 90.4. The maximum Gasteiger partial charge on any atom is 0.408 e. The van der Waals surface area contributed by atoms with Crippen molar-refractivity contribution in [2.75, 3.05) is 26.4 Å². The molecule has 0 unspecified atom stereocenters. The Bertz CT molecular complexity index is 2610. The Kier molecular flexibility index (Phi) is 92.4. The number of benzene rings is 1. The molecule has 3 rings (SSSR count). The van der Waals surface area contributed by atoms with Gasteiger partial charge in [-0.1, -0.05) is 468 Å². The Morgan fingerprint density at radius 1 is 0.394 bits per heavy atom. The van der Waals surface area contributed by atoms with E-state index < -0.39 is 17.7 Å². The van der Waals surface area contributed by atoms with Crippen LogP contribution in [0.3, 0.4) is 0 Å². The lowest BCUT2D eigenvalue weighted by atomic mass is 9.83. The number of rotatable bonds is 67. The topological polar surface area (TPSA) is 168 Å². The zero-order valence-corrected chi connectivity index (χ0v) is 90.4. The summed E-state index contributed by atoms with van der Waals surface area (Å²) in [6.07, 6.45) is 66.9. The minimum absolute atomic E-state index is 0.0332. The van der Waals surface area contributed by atoms with Gasteiger partial charge in [-0.25, -0.2) is 4.79 Å².